The molecule has 2 heterocycles. The van der Waals surface area contributed by atoms with Gasteiger partial charge < -0.3 is 5.32 Å². The van der Waals surface area contributed by atoms with Crippen LogP contribution < -0.4 is 5.32 Å². The Balaban J connectivity index is 1.68. The number of pyridine rings is 1. The molecule has 1 amide bonds. The highest BCUT2D eigenvalue weighted by Gasteiger charge is 2.18. The predicted molar refractivity (Wildman–Crippen MR) is 88.1 cm³/mol. The van der Waals surface area contributed by atoms with Gasteiger partial charge in [-0.05, 0) is 43.3 Å². The van der Waals surface area contributed by atoms with Crippen LogP contribution in [0.15, 0.2) is 53.8 Å². The van der Waals surface area contributed by atoms with Gasteiger partial charge in [-0.2, -0.15) is 5.26 Å². The Morgan fingerprint density at radius 2 is 2.04 bits per heavy atom. The normalized spacial score (nSPS) is 11.8. The van der Waals surface area contributed by atoms with Crippen molar-refractivity contribution >= 4 is 29.0 Å². The average molecular weight is 323 g/mol. The molecule has 1 aromatic carbocycles. The lowest BCUT2D eigenvalue weighted by Gasteiger charge is -2.11. The monoisotopic (exact) mass is 323 g/mol. The fraction of sp³-hybridized carbons (Fsp3) is 0.125. The van der Waals surface area contributed by atoms with Gasteiger partial charge in [0.2, 0.25) is 5.91 Å². The molecular formula is C16H13N5OS. The van der Waals surface area contributed by atoms with E-state index in [0.717, 1.165) is 5.65 Å². The van der Waals surface area contributed by atoms with Crippen LogP contribution in [0.3, 0.4) is 0 Å². The van der Waals surface area contributed by atoms with E-state index in [2.05, 4.69) is 15.5 Å². The van der Waals surface area contributed by atoms with Crippen LogP contribution in [0.25, 0.3) is 5.65 Å². The van der Waals surface area contributed by atoms with E-state index >= 15 is 0 Å². The van der Waals surface area contributed by atoms with Crippen LogP contribution in [0, 0.1) is 11.3 Å². The first-order valence-corrected chi connectivity index (χ1v) is 7.83. The highest BCUT2D eigenvalue weighted by Crippen LogP contribution is 2.23. The molecule has 0 spiro atoms. The van der Waals surface area contributed by atoms with Crippen molar-refractivity contribution in [2.75, 3.05) is 5.32 Å². The molecule has 0 aliphatic rings. The number of fused-ring (bicyclic) bond motifs is 1. The maximum atomic E-state index is 12.3. The van der Waals surface area contributed by atoms with Crippen LogP contribution in [-0.2, 0) is 4.79 Å². The number of aromatic nitrogens is 3. The zero-order valence-electron chi connectivity index (χ0n) is 12.3. The van der Waals surface area contributed by atoms with E-state index in [9.17, 15) is 4.79 Å². The smallest absolute Gasteiger partial charge is 0.237 e. The summed E-state index contributed by atoms with van der Waals surface area (Å²) < 4.78 is 1.84. The molecule has 3 rings (SSSR count). The molecular weight excluding hydrogens is 310 g/mol. The summed E-state index contributed by atoms with van der Waals surface area (Å²) in [7, 11) is 0. The minimum absolute atomic E-state index is 0.132. The first-order valence-electron chi connectivity index (χ1n) is 6.95. The van der Waals surface area contributed by atoms with Crippen LogP contribution >= 0.6 is 11.8 Å². The number of hydrogen-bond donors (Lipinski definition) is 1. The second-order valence-electron chi connectivity index (χ2n) is 4.85. The van der Waals surface area contributed by atoms with Gasteiger partial charge in [0.1, 0.15) is 0 Å². The molecule has 7 heteroatoms. The minimum atomic E-state index is -0.335. The summed E-state index contributed by atoms with van der Waals surface area (Å²) in [5, 5.41) is 20.1. The van der Waals surface area contributed by atoms with Gasteiger partial charge >= 0.3 is 0 Å². The van der Waals surface area contributed by atoms with Gasteiger partial charge in [-0.3, -0.25) is 9.20 Å². The number of thioether (sulfide) groups is 1. The Morgan fingerprint density at radius 1 is 1.26 bits per heavy atom. The quantitative estimate of drug-likeness (QED) is 0.746. The molecule has 23 heavy (non-hydrogen) atoms. The van der Waals surface area contributed by atoms with Gasteiger partial charge in [0, 0.05) is 11.9 Å². The van der Waals surface area contributed by atoms with Gasteiger partial charge in [0.05, 0.1) is 16.9 Å². The van der Waals surface area contributed by atoms with Crippen molar-refractivity contribution in [2.45, 2.75) is 17.3 Å². The molecule has 0 unspecified atom stereocenters. The van der Waals surface area contributed by atoms with E-state index in [4.69, 9.17) is 5.26 Å². The number of amides is 1. The summed E-state index contributed by atoms with van der Waals surface area (Å²) in [4.78, 5) is 12.3. The molecule has 6 nitrogen and oxygen atoms in total. The average Bonchev–Trinajstić information content (AvgIpc) is 2.98. The molecule has 0 aliphatic carbocycles. The van der Waals surface area contributed by atoms with E-state index < -0.39 is 0 Å². The topological polar surface area (TPSA) is 83.1 Å². The molecule has 0 radical (unpaired) electrons. The summed E-state index contributed by atoms with van der Waals surface area (Å²) in [6.45, 7) is 1.81. The largest absolute Gasteiger partial charge is 0.325 e. The van der Waals surface area contributed by atoms with Crippen molar-refractivity contribution in [3.63, 3.8) is 0 Å². The second kappa shape index (κ2) is 6.50. The van der Waals surface area contributed by atoms with E-state index in [-0.39, 0.29) is 11.2 Å². The van der Waals surface area contributed by atoms with Gasteiger partial charge in [-0.15, -0.1) is 10.2 Å². The summed E-state index contributed by atoms with van der Waals surface area (Å²) in [6, 6.07) is 14.4. The van der Waals surface area contributed by atoms with Crippen LogP contribution in [0.4, 0.5) is 5.69 Å². The fourth-order valence-electron chi connectivity index (χ4n) is 1.98. The van der Waals surface area contributed by atoms with Crippen molar-refractivity contribution in [1.82, 2.24) is 14.6 Å². The number of hydrogen-bond acceptors (Lipinski definition) is 5. The maximum absolute atomic E-state index is 12.3. The van der Waals surface area contributed by atoms with Gasteiger partial charge in [0.25, 0.3) is 0 Å². The molecule has 1 atom stereocenters. The van der Waals surface area contributed by atoms with E-state index in [1.165, 1.54) is 11.8 Å². The van der Waals surface area contributed by atoms with Crippen molar-refractivity contribution in [3.8, 4) is 6.07 Å². The second-order valence-corrected chi connectivity index (χ2v) is 6.16. The molecule has 0 saturated heterocycles. The lowest BCUT2D eigenvalue weighted by atomic mass is 10.2. The number of benzene rings is 1. The molecule has 1 N–H and O–H groups in total. The van der Waals surface area contributed by atoms with Crippen molar-refractivity contribution in [3.05, 3.63) is 54.2 Å². The number of rotatable bonds is 4. The van der Waals surface area contributed by atoms with Crippen LogP contribution in [0.2, 0.25) is 0 Å². The number of anilines is 1. The molecule has 114 valence electrons. The summed E-state index contributed by atoms with van der Waals surface area (Å²) in [5.74, 6) is -0.132. The highest BCUT2D eigenvalue weighted by molar-refractivity contribution is 8.00. The lowest BCUT2D eigenvalue weighted by Crippen LogP contribution is -2.22. The Morgan fingerprint density at radius 3 is 2.78 bits per heavy atom. The SMILES string of the molecule is C[C@H](Sc1nnc2ccccn12)C(=O)Nc1ccc(C#N)cc1. The number of nitriles is 1. The summed E-state index contributed by atoms with van der Waals surface area (Å²) in [5.41, 5.74) is 1.96. The third-order valence-electron chi connectivity index (χ3n) is 3.22. The molecule has 0 fully saturated rings. The number of nitrogens with one attached hydrogen (secondary N) is 1. The maximum Gasteiger partial charge on any atom is 0.237 e. The van der Waals surface area contributed by atoms with Crippen molar-refractivity contribution in [1.29, 1.82) is 5.26 Å². The molecule has 0 aliphatic heterocycles. The highest BCUT2D eigenvalue weighted by atomic mass is 32.2. The third kappa shape index (κ3) is 3.33. The van der Waals surface area contributed by atoms with Crippen molar-refractivity contribution < 1.29 is 4.79 Å². The third-order valence-corrected chi connectivity index (χ3v) is 4.27. The Bertz CT molecular complexity index is 881. The van der Waals surface area contributed by atoms with E-state index in [1.807, 2.05) is 41.8 Å². The summed E-state index contributed by atoms with van der Waals surface area (Å²) >= 11 is 1.34. The fourth-order valence-corrected chi connectivity index (χ4v) is 2.82. The molecule has 3 aromatic rings. The minimum Gasteiger partial charge on any atom is -0.325 e. The van der Waals surface area contributed by atoms with Gasteiger partial charge in [-0.25, -0.2) is 0 Å². The van der Waals surface area contributed by atoms with E-state index in [0.29, 0.717) is 16.4 Å². The number of nitrogens with zero attached hydrogens (tertiary/aromatic N) is 4. The first-order chi connectivity index (χ1) is 11.2. The van der Waals surface area contributed by atoms with Crippen LogP contribution in [-0.4, -0.2) is 25.8 Å². The Kier molecular flexibility index (Phi) is 4.26. The van der Waals surface area contributed by atoms with E-state index in [1.54, 1.807) is 24.3 Å². The van der Waals surface area contributed by atoms with Gasteiger partial charge in [-0.1, -0.05) is 17.8 Å². The zero-order valence-corrected chi connectivity index (χ0v) is 13.1. The Hall–Kier alpha value is -2.85. The van der Waals surface area contributed by atoms with Crippen molar-refractivity contribution in [2.24, 2.45) is 0 Å². The lowest BCUT2D eigenvalue weighted by molar-refractivity contribution is -0.115. The first kappa shape index (κ1) is 15.1. The van der Waals surface area contributed by atoms with Gasteiger partial charge in [0.15, 0.2) is 10.8 Å². The molecule has 2 aromatic heterocycles. The zero-order chi connectivity index (χ0) is 16.2. The number of carbonyl (C=O) groups is 1. The van der Waals surface area contributed by atoms with Crippen LogP contribution in [0.5, 0.6) is 0 Å². The summed E-state index contributed by atoms with van der Waals surface area (Å²) in [6.07, 6.45) is 1.86. The Labute approximate surface area is 137 Å². The standard InChI is InChI=1S/C16H13N5OS/c1-11(15(22)18-13-7-5-12(10-17)6-8-13)23-16-20-19-14-4-2-3-9-21(14)16/h2-9,11H,1H3,(H,18,22)/t11-/m0/s1. The predicted octanol–water partition coefficient (Wildman–Crippen LogP) is 2.72. The van der Waals surface area contributed by atoms with Crippen LogP contribution in [0.1, 0.15) is 12.5 Å². The molecule has 0 saturated carbocycles. The number of carbonyl (C=O) groups excluding carboxylic acids is 1. The molecule has 0 bridgehead atoms.